The van der Waals surface area contributed by atoms with Gasteiger partial charge in [-0.2, -0.15) is 0 Å². The average molecular weight is 1500 g/mol. The molecule has 6 aromatic carbocycles. The fourth-order valence-electron chi connectivity index (χ4n) is 11.1. The smallest absolute Gasteiger partial charge is 0.328 e. The van der Waals surface area contributed by atoms with Gasteiger partial charge in [-0.1, -0.05) is 156 Å². The molecule has 0 radical (unpaired) electrons. The van der Waals surface area contributed by atoms with Crippen molar-refractivity contribution in [1.82, 2.24) is 31.9 Å². The first-order valence-corrected chi connectivity index (χ1v) is 36.0. The van der Waals surface area contributed by atoms with E-state index in [9.17, 15) is 62.3 Å². The van der Waals surface area contributed by atoms with Crippen LogP contribution in [0.2, 0.25) is 0 Å². The number of rotatable bonds is 20. The minimum Gasteiger partial charge on any atom is -0.508 e. The van der Waals surface area contributed by atoms with Crippen LogP contribution in [-0.2, 0) is 140 Å². The highest BCUT2D eigenvalue weighted by Gasteiger charge is 2.33. The van der Waals surface area contributed by atoms with Crippen LogP contribution in [0, 0.1) is 27.7 Å². The standard InChI is InChI=1S/C18H23NO5.4C13H15NO3.C12H13NO4/c1-18(2,3)24-16(21)11-13-6-4-12(5-7-13)10-15(20)19-14-8-9-23-17(14)22;4*1-9-2-4-10(5-3-9)8-12(15)14-11-6-7-17-13(11)16;14-9-3-1-8(2-4-9)7-11(15)13-10-5-6-17-12(10)16/h4-7,14H,8-11H2,1-3H3,(H,19,20);4*2-5,11H,6-8H2,1H3,(H,14,15);1-4,10,14H,5-7H2,(H,13,15)/t14-;4*11-;10-/m111111/s1. The third-order valence-corrected chi connectivity index (χ3v) is 17.0. The Hall–Kier alpha value is -11.8. The highest BCUT2D eigenvalue weighted by Crippen LogP contribution is 2.17. The van der Waals surface area contributed by atoms with Crippen molar-refractivity contribution in [3.05, 3.63) is 207 Å². The normalized spacial score (nSPS) is 18.5. The highest BCUT2D eigenvalue weighted by atomic mass is 16.6. The van der Waals surface area contributed by atoms with Crippen LogP contribution in [-0.4, -0.2) is 164 Å². The number of phenols is 1. The summed E-state index contributed by atoms with van der Waals surface area (Å²) in [6.07, 6.45) is 5.05. The number of amides is 6. The van der Waals surface area contributed by atoms with Gasteiger partial charge in [0.2, 0.25) is 35.4 Å². The molecule has 12 rings (SSSR count). The van der Waals surface area contributed by atoms with Gasteiger partial charge < -0.3 is 70.2 Å². The molecule has 6 fully saturated rings. The van der Waals surface area contributed by atoms with E-state index in [1.165, 1.54) is 12.1 Å². The third-order valence-electron chi connectivity index (χ3n) is 17.0. The van der Waals surface area contributed by atoms with E-state index in [2.05, 4.69) is 31.9 Å². The number of carbonyl (C=O) groups is 13. The lowest BCUT2D eigenvalue weighted by Crippen LogP contribution is -2.38. The number of carbonyl (C=O) groups excluding carboxylic acids is 13. The molecule has 6 aliphatic rings. The zero-order valence-corrected chi connectivity index (χ0v) is 62.4. The Morgan fingerprint density at radius 3 is 0.633 bits per heavy atom. The molecule has 0 saturated carbocycles. The fourth-order valence-corrected chi connectivity index (χ4v) is 11.1. The van der Waals surface area contributed by atoms with E-state index in [0.717, 1.165) is 61.2 Å². The molecule has 0 aromatic heterocycles. The summed E-state index contributed by atoms with van der Waals surface area (Å²) in [5, 5.41) is 25.1. The first-order valence-electron chi connectivity index (χ1n) is 36.0. The first kappa shape index (κ1) is 84.5. The largest absolute Gasteiger partial charge is 0.508 e. The van der Waals surface area contributed by atoms with Crippen molar-refractivity contribution in [3.63, 3.8) is 0 Å². The van der Waals surface area contributed by atoms with Gasteiger partial charge in [-0.15, -0.1) is 0 Å². The van der Waals surface area contributed by atoms with Crippen molar-refractivity contribution in [2.45, 2.75) is 174 Å². The zero-order chi connectivity index (χ0) is 79.0. The third kappa shape index (κ3) is 31.3. The monoisotopic (exact) mass is 1500 g/mol. The lowest BCUT2D eigenvalue weighted by Gasteiger charge is -2.19. The van der Waals surface area contributed by atoms with Crippen LogP contribution in [0.15, 0.2) is 146 Å². The number of ether oxygens (including phenoxy) is 7. The van der Waals surface area contributed by atoms with Crippen LogP contribution in [0.5, 0.6) is 5.75 Å². The van der Waals surface area contributed by atoms with Gasteiger partial charge in [-0.05, 0) is 99.5 Å². The Labute approximate surface area is 632 Å². The Morgan fingerprint density at radius 2 is 0.468 bits per heavy atom. The van der Waals surface area contributed by atoms with Gasteiger partial charge in [-0.25, -0.2) is 28.8 Å². The SMILES string of the molecule is CC(C)(C)OC(=O)Cc1ccc(CC(=O)N[C@@H]2CCOC2=O)cc1.Cc1ccc(CC(=O)N[C@@H]2CCOC2=O)cc1.Cc1ccc(CC(=O)N[C@@H]2CCOC2=O)cc1.Cc1ccc(CC(=O)N[C@@H]2CCOC2=O)cc1.Cc1ccc(CC(=O)N[C@@H]2CCOC2=O)cc1.O=C(Cc1ccc(O)cc1)N[C@@H]1CCOC1=O. The molecule has 0 unspecified atom stereocenters. The maximum Gasteiger partial charge on any atom is 0.328 e. The molecule has 580 valence electrons. The Balaban J connectivity index is 0.000000183. The summed E-state index contributed by atoms with van der Waals surface area (Å²) in [6.45, 7) is 15.8. The Bertz CT molecular complexity index is 3620. The van der Waals surface area contributed by atoms with E-state index in [4.69, 9.17) is 38.3 Å². The van der Waals surface area contributed by atoms with Crippen LogP contribution < -0.4 is 31.9 Å². The summed E-state index contributed by atoms with van der Waals surface area (Å²) in [7, 11) is 0. The van der Waals surface area contributed by atoms with Crippen molar-refractivity contribution in [2.24, 2.45) is 0 Å². The van der Waals surface area contributed by atoms with Gasteiger partial charge >= 0.3 is 41.8 Å². The summed E-state index contributed by atoms with van der Waals surface area (Å²) in [4.78, 5) is 149. The van der Waals surface area contributed by atoms with Crippen molar-refractivity contribution < 1.29 is 101 Å². The van der Waals surface area contributed by atoms with Crippen LogP contribution in [0.4, 0.5) is 0 Å². The molecular formula is C82H96N6O21. The average Bonchev–Trinajstić information content (AvgIpc) is 1.89. The molecule has 6 heterocycles. The second kappa shape index (κ2) is 42.5. The van der Waals surface area contributed by atoms with Crippen LogP contribution >= 0.6 is 0 Å². The summed E-state index contributed by atoms with van der Waals surface area (Å²) in [5.41, 5.74) is 10.3. The summed E-state index contributed by atoms with van der Waals surface area (Å²) in [5.74, 6) is -3.21. The second-order valence-corrected chi connectivity index (χ2v) is 27.7. The number of hydrogen-bond donors (Lipinski definition) is 7. The minimum atomic E-state index is -0.538. The molecule has 6 amide bonds. The van der Waals surface area contributed by atoms with E-state index in [0.29, 0.717) is 104 Å². The predicted molar refractivity (Wildman–Crippen MR) is 396 cm³/mol. The number of phenolic OH excluding ortho intramolecular Hbond substituents is 1. The molecule has 6 atom stereocenters. The molecule has 27 heteroatoms. The number of benzene rings is 6. The zero-order valence-electron chi connectivity index (χ0n) is 62.4. The van der Waals surface area contributed by atoms with Gasteiger partial charge in [0.25, 0.3) is 0 Å². The van der Waals surface area contributed by atoms with E-state index >= 15 is 0 Å². The molecular weight excluding hydrogens is 1400 g/mol. The van der Waals surface area contributed by atoms with E-state index in [1.807, 2.05) is 146 Å². The lowest BCUT2D eigenvalue weighted by molar-refractivity contribution is -0.154. The number of cyclic esters (lactones) is 6. The summed E-state index contributed by atoms with van der Waals surface area (Å²) < 4.78 is 33.9. The quantitative estimate of drug-likeness (QED) is 0.0351. The van der Waals surface area contributed by atoms with Gasteiger partial charge in [0.15, 0.2) is 0 Å². The number of aromatic hydroxyl groups is 1. The lowest BCUT2D eigenvalue weighted by atomic mass is 10.1. The summed E-state index contributed by atoms with van der Waals surface area (Å²) in [6, 6.07) is 41.7. The van der Waals surface area contributed by atoms with E-state index in [-0.39, 0.29) is 102 Å². The van der Waals surface area contributed by atoms with Gasteiger partial charge in [0.1, 0.15) is 47.6 Å². The Kier molecular flexibility index (Phi) is 33.0. The van der Waals surface area contributed by atoms with Gasteiger partial charge in [0, 0.05) is 38.5 Å². The van der Waals surface area contributed by atoms with Gasteiger partial charge in [0.05, 0.1) is 84.6 Å². The van der Waals surface area contributed by atoms with Crippen molar-refractivity contribution >= 4 is 77.2 Å². The summed E-state index contributed by atoms with van der Waals surface area (Å²) >= 11 is 0. The number of aryl methyl sites for hydroxylation is 4. The van der Waals surface area contributed by atoms with Gasteiger partial charge in [-0.3, -0.25) is 33.6 Å². The molecule has 6 aliphatic heterocycles. The maximum atomic E-state index is 11.9. The molecule has 7 N–H and O–H groups in total. The molecule has 6 saturated heterocycles. The molecule has 27 nitrogen and oxygen atoms in total. The highest BCUT2D eigenvalue weighted by molar-refractivity contribution is 5.90. The molecule has 0 spiro atoms. The number of esters is 7. The predicted octanol–water partition coefficient (Wildman–Crippen LogP) is 5.79. The topological polar surface area (TPSA) is 379 Å². The number of hydrogen-bond acceptors (Lipinski definition) is 21. The van der Waals surface area contributed by atoms with Crippen molar-refractivity contribution in [1.29, 1.82) is 0 Å². The molecule has 0 aliphatic carbocycles. The van der Waals surface area contributed by atoms with Crippen LogP contribution in [0.3, 0.4) is 0 Å². The molecule has 0 bridgehead atoms. The fraction of sp³-hybridized carbons (Fsp3) is 0.402. The number of nitrogens with one attached hydrogen (secondary N) is 6. The van der Waals surface area contributed by atoms with E-state index < -0.39 is 41.9 Å². The second-order valence-electron chi connectivity index (χ2n) is 27.7. The van der Waals surface area contributed by atoms with Crippen molar-refractivity contribution in [3.8, 4) is 5.75 Å². The van der Waals surface area contributed by atoms with Crippen molar-refractivity contribution in [2.75, 3.05) is 39.6 Å². The van der Waals surface area contributed by atoms with Crippen LogP contribution in [0.25, 0.3) is 0 Å². The minimum absolute atomic E-state index is 0.141. The van der Waals surface area contributed by atoms with Crippen LogP contribution in [0.1, 0.15) is 120 Å². The molecule has 109 heavy (non-hydrogen) atoms. The molecule has 6 aromatic rings. The Morgan fingerprint density at radius 1 is 0.303 bits per heavy atom. The van der Waals surface area contributed by atoms with E-state index in [1.54, 1.807) is 36.4 Å². The first-order chi connectivity index (χ1) is 52.0. The maximum absolute atomic E-state index is 11.9.